The number of ether oxygens (including phenoxy) is 1. The van der Waals surface area contributed by atoms with E-state index in [-0.39, 0.29) is 11.9 Å². The van der Waals surface area contributed by atoms with Crippen molar-refractivity contribution < 1.29 is 9.13 Å². The first-order chi connectivity index (χ1) is 9.47. The molecule has 1 aliphatic carbocycles. The van der Waals surface area contributed by atoms with Gasteiger partial charge in [0.15, 0.2) is 0 Å². The number of benzene rings is 1. The van der Waals surface area contributed by atoms with E-state index in [9.17, 15) is 9.65 Å². The van der Waals surface area contributed by atoms with Gasteiger partial charge in [0.05, 0.1) is 6.07 Å². The van der Waals surface area contributed by atoms with Crippen LogP contribution in [0.15, 0.2) is 18.2 Å². The zero-order chi connectivity index (χ0) is 14.8. The molecule has 2 rings (SSSR count). The summed E-state index contributed by atoms with van der Waals surface area (Å²) in [4.78, 5) is 0. The Balaban J connectivity index is 2.11. The molecule has 0 radical (unpaired) electrons. The highest BCUT2D eigenvalue weighted by molar-refractivity contribution is 5.33. The predicted molar refractivity (Wildman–Crippen MR) is 76.0 cm³/mol. The molecule has 0 amide bonds. The van der Waals surface area contributed by atoms with Crippen molar-refractivity contribution in [1.29, 1.82) is 5.26 Å². The molecule has 1 N–H and O–H groups in total. The molecule has 1 aromatic rings. The lowest BCUT2D eigenvalue weighted by atomic mass is 9.95. The van der Waals surface area contributed by atoms with Gasteiger partial charge in [0.25, 0.3) is 0 Å². The Kier molecular flexibility index (Phi) is 4.29. The summed E-state index contributed by atoms with van der Waals surface area (Å²) in [5, 5.41) is 12.9. The first-order valence-electron chi connectivity index (χ1n) is 7.05. The van der Waals surface area contributed by atoms with Crippen molar-refractivity contribution in [3.05, 3.63) is 29.6 Å². The van der Waals surface area contributed by atoms with E-state index in [1.807, 2.05) is 13.8 Å². The predicted octanol–water partition coefficient (Wildman–Crippen LogP) is 3.18. The van der Waals surface area contributed by atoms with Gasteiger partial charge in [0.2, 0.25) is 0 Å². The van der Waals surface area contributed by atoms with Crippen molar-refractivity contribution in [3.63, 3.8) is 0 Å². The number of nitrogens with one attached hydrogen (secondary N) is 1. The summed E-state index contributed by atoms with van der Waals surface area (Å²) in [5.74, 6) is 0.705. The van der Waals surface area contributed by atoms with E-state index in [1.54, 1.807) is 13.0 Å². The van der Waals surface area contributed by atoms with E-state index in [2.05, 4.69) is 11.4 Å². The van der Waals surface area contributed by atoms with Gasteiger partial charge in [-0.2, -0.15) is 5.26 Å². The largest absolute Gasteiger partial charge is 0.490 e. The van der Waals surface area contributed by atoms with Gasteiger partial charge in [-0.25, -0.2) is 4.39 Å². The SMILES string of the molecule is Cc1cc(F)ccc1OCC(C#N)(NC(C)C)C1CC1. The van der Waals surface area contributed by atoms with Gasteiger partial charge < -0.3 is 4.74 Å². The zero-order valence-electron chi connectivity index (χ0n) is 12.2. The van der Waals surface area contributed by atoms with E-state index in [0.717, 1.165) is 18.4 Å². The van der Waals surface area contributed by atoms with Crippen LogP contribution in [0.5, 0.6) is 5.75 Å². The molecule has 20 heavy (non-hydrogen) atoms. The number of rotatable bonds is 6. The summed E-state index contributed by atoms with van der Waals surface area (Å²) in [6, 6.07) is 7.05. The zero-order valence-corrected chi connectivity index (χ0v) is 12.2. The highest BCUT2D eigenvalue weighted by atomic mass is 19.1. The van der Waals surface area contributed by atoms with E-state index >= 15 is 0 Å². The number of nitriles is 1. The third-order valence-electron chi connectivity index (χ3n) is 3.61. The minimum absolute atomic E-state index is 0.216. The van der Waals surface area contributed by atoms with Crippen LogP contribution in [0.2, 0.25) is 0 Å². The molecule has 108 valence electrons. The van der Waals surface area contributed by atoms with Gasteiger partial charge in [0, 0.05) is 6.04 Å². The summed E-state index contributed by atoms with van der Waals surface area (Å²) >= 11 is 0. The highest BCUT2D eigenvalue weighted by Crippen LogP contribution is 2.40. The molecule has 1 unspecified atom stereocenters. The Morgan fingerprint density at radius 1 is 1.50 bits per heavy atom. The Morgan fingerprint density at radius 3 is 2.70 bits per heavy atom. The number of aryl methyl sites for hydroxylation is 1. The fourth-order valence-corrected chi connectivity index (χ4v) is 2.49. The quantitative estimate of drug-likeness (QED) is 0.868. The van der Waals surface area contributed by atoms with Crippen LogP contribution in [0.25, 0.3) is 0 Å². The molecule has 0 saturated heterocycles. The molecule has 1 aliphatic rings. The Bertz CT molecular complexity index is 520. The Hall–Kier alpha value is -1.60. The molecular formula is C16H21FN2O. The van der Waals surface area contributed by atoms with Crippen molar-refractivity contribution >= 4 is 0 Å². The lowest BCUT2D eigenvalue weighted by Gasteiger charge is -2.30. The van der Waals surface area contributed by atoms with Gasteiger partial charge >= 0.3 is 0 Å². The lowest BCUT2D eigenvalue weighted by Crippen LogP contribution is -2.53. The smallest absolute Gasteiger partial charge is 0.144 e. The van der Waals surface area contributed by atoms with Crippen molar-refractivity contribution in [1.82, 2.24) is 5.32 Å². The summed E-state index contributed by atoms with van der Waals surface area (Å²) in [6.07, 6.45) is 2.11. The molecule has 0 heterocycles. The fraction of sp³-hybridized carbons (Fsp3) is 0.562. The molecule has 0 aromatic heterocycles. The number of halogens is 1. The second-order valence-electron chi connectivity index (χ2n) is 5.85. The standard InChI is InChI=1S/C16H21FN2O/c1-11(2)19-16(9-18,13-4-5-13)10-20-15-7-6-14(17)8-12(15)3/h6-8,11,13,19H,4-5,10H2,1-3H3. The van der Waals surface area contributed by atoms with Crippen LogP contribution < -0.4 is 10.1 Å². The maximum absolute atomic E-state index is 13.1. The highest BCUT2D eigenvalue weighted by Gasteiger charge is 2.46. The van der Waals surface area contributed by atoms with Crippen LogP contribution in [0, 0.1) is 30.0 Å². The lowest BCUT2D eigenvalue weighted by molar-refractivity contribution is 0.191. The van der Waals surface area contributed by atoms with E-state index in [0.29, 0.717) is 18.3 Å². The van der Waals surface area contributed by atoms with Crippen molar-refractivity contribution in [3.8, 4) is 11.8 Å². The van der Waals surface area contributed by atoms with Crippen LogP contribution in [0.1, 0.15) is 32.3 Å². The van der Waals surface area contributed by atoms with E-state index in [4.69, 9.17) is 4.74 Å². The summed E-state index contributed by atoms with van der Waals surface area (Å²) in [5.41, 5.74) is 0.104. The maximum atomic E-state index is 13.1. The maximum Gasteiger partial charge on any atom is 0.144 e. The molecule has 0 bridgehead atoms. The molecular weight excluding hydrogens is 255 g/mol. The molecule has 0 spiro atoms. The Morgan fingerprint density at radius 2 is 2.20 bits per heavy atom. The van der Waals surface area contributed by atoms with Crippen LogP contribution >= 0.6 is 0 Å². The average molecular weight is 276 g/mol. The molecule has 1 saturated carbocycles. The van der Waals surface area contributed by atoms with Crippen LogP contribution in [-0.4, -0.2) is 18.2 Å². The van der Waals surface area contributed by atoms with Gasteiger partial charge in [-0.05, 0) is 63.3 Å². The normalized spacial score (nSPS) is 17.6. The van der Waals surface area contributed by atoms with Gasteiger partial charge in [-0.3, -0.25) is 5.32 Å². The van der Waals surface area contributed by atoms with Gasteiger partial charge in [-0.15, -0.1) is 0 Å². The topological polar surface area (TPSA) is 45.0 Å². The van der Waals surface area contributed by atoms with Gasteiger partial charge in [0.1, 0.15) is 23.7 Å². The van der Waals surface area contributed by atoms with Crippen LogP contribution in [0.3, 0.4) is 0 Å². The molecule has 1 atom stereocenters. The third kappa shape index (κ3) is 3.29. The van der Waals surface area contributed by atoms with E-state index in [1.165, 1.54) is 12.1 Å². The molecule has 0 aliphatic heterocycles. The second-order valence-corrected chi connectivity index (χ2v) is 5.85. The summed E-state index contributed by atoms with van der Waals surface area (Å²) < 4.78 is 18.9. The second kappa shape index (κ2) is 5.80. The monoisotopic (exact) mass is 276 g/mol. The average Bonchev–Trinajstić information content (AvgIpc) is 3.20. The number of hydrogen-bond donors (Lipinski definition) is 1. The number of hydrogen-bond acceptors (Lipinski definition) is 3. The summed E-state index contributed by atoms with van der Waals surface area (Å²) in [7, 11) is 0. The first kappa shape index (κ1) is 14.8. The molecule has 4 heteroatoms. The van der Waals surface area contributed by atoms with Crippen LogP contribution in [0.4, 0.5) is 4.39 Å². The minimum Gasteiger partial charge on any atom is -0.490 e. The fourth-order valence-electron chi connectivity index (χ4n) is 2.49. The molecule has 3 nitrogen and oxygen atoms in total. The minimum atomic E-state index is -0.644. The van der Waals surface area contributed by atoms with Gasteiger partial charge in [-0.1, -0.05) is 0 Å². The van der Waals surface area contributed by atoms with Crippen molar-refractivity contribution in [2.24, 2.45) is 5.92 Å². The number of nitrogens with zero attached hydrogens (tertiary/aromatic N) is 1. The van der Waals surface area contributed by atoms with Crippen LogP contribution in [-0.2, 0) is 0 Å². The van der Waals surface area contributed by atoms with Crippen molar-refractivity contribution in [2.75, 3.05) is 6.61 Å². The molecule has 1 fully saturated rings. The summed E-state index contributed by atoms with van der Waals surface area (Å²) in [6.45, 7) is 6.15. The third-order valence-corrected chi connectivity index (χ3v) is 3.61. The Labute approximate surface area is 119 Å². The van der Waals surface area contributed by atoms with Crippen molar-refractivity contribution in [2.45, 2.75) is 45.2 Å². The van der Waals surface area contributed by atoms with E-state index < -0.39 is 5.54 Å². The first-order valence-corrected chi connectivity index (χ1v) is 7.05. The molecule has 1 aromatic carbocycles.